The normalized spacial score (nSPS) is 13.8. The highest BCUT2D eigenvalue weighted by Crippen LogP contribution is 2.40. The summed E-state index contributed by atoms with van der Waals surface area (Å²) >= 11 is 0. The predicted octanol–water partition coefficient (Wildman–Crippen LogP) is 3.90. The molecule has 0 aliphatic rings. The van der Waals surface area contributed by atoms with Gasteiger partial charge in [0.15, 0.2) is 0 Å². The third-order valence-corrected chi connectivity index (χ3v) is 10.1. The first-order chi connectivity index (χ1) is 4.37. The third kappa shape index (κ3) is 1.85. The minimum absolute atomic E-state index is 0.594. The van der Waals surface area contributed by atoms with E-state index < -0.39 is 8.07 Å². The van der Waals surface area contributed by atoms with Crippen LogP contribution in [0.15, 0.2) is 0 Å². The van der Waals surface area contributed by atoms with Gasteiger partial charge >= 0.3 is 0 Å². The average molecular weight is 158 g/mol. The van der Waals surface area contributed by atoms with E-state index in [1.807, 2.05) is 0 Å². The Morgan fingerprint density at radius 2 is 1.30 bits per heavy atom. The summed E-state index contributed by atoms with van der Waals surface area (Å²) in [4.78, 5) is 0. The zero-order valence-corrected chi connectivity index (χ0v) is 9.41. The third-order valence-electron chi connectivity index (χ3n) is 3.37. The predicted molar refractivity (Wildman–Crippen MR) is 52.3 cm³/mol. The van der Waals surface area contributed by atoms with Gasteiger partial charge in [-0.3, -0.25) is 0 Å². The molecule has 0 aromatic carbocycles. The van der Waals surface area contributed by atoms with E-state index in [0.717, 1.165) is 0 Å². The molecular weight excluding hydrogens is 136 g/mol. The van der Waals surface area contributed by atoms with E-state index in [0.29, 0.717) is 5.04 Å². The van der Waals surface area contributed by atoms with Crippen LogP contribution < -0.4 is 0 Å². The number of rotatable bonds is 2. The maximum atomic E-state index is 2.52. The molecule has 0 radical (unpaired) electrons. The summed E-state index contributed by atoms with van der Waals surface area (Å²) in [6, 6.07) is 2.85. The van der Waals surface area contributed by atoms with Crippen molar-refractivity contribution >= 4 is 8.07 Å². The summed E-state index contributed by atoms with van der Waals surface area (Å²) in [5, 5.41) is 0.594. The summed E-state index contributed by atoms with van der Waals surface area (Å²) < 4.78 is 0. The molecule has 0 bridgehead atoms. The Bertz CT molecular complexity index is 95.8. The van der Waals surface area contributed by atoms with Gasteiger partial charge in [0.05, 0.1) is 8.07 Å². The molecule has 0 saturated carbocycles. The fraction of sp³-hybridized carbons (Fsp3) is 1.00. The first-order valence-electron chi connectivity index (χ1n) is 4.37. The second-order valence-corrected chi connectivity index (χ2v) is 10.6. The molecule has 0 fully saturated rings. The van der Waals surface area contributed by atoms with Gasteiger partial charge in [0, 0.05) is 0 Å². The lowest BCUT2D eigenvalue weighted by atomic mass is 10.2. The lowest BCUT2D eigenvalue weighted by Crippen LogP contribution is -2.38. The number of hydrogen-bond acceptors (Lipinski definition) is 0. The smallest absolute Gasteiger partial charge is 0.0553 e. The van der Waals surface area contributed by atoms with Gasteiger partial charge in [-0.2, -0.15) is 0 Å². The van der Waals surface area contributed by atoms with Gasteiger partial charge in [0.1, 0.15) is 0 Å². The summed E-state index contributed by atoms with van der Waals surface area (Å²) in [6.45, 7) is 14.4. The van der Waals surface area contributed by atoms with Crippen molar-refractivity contribution in [1.29, 1.82) is 0 Å². The molecule has 0 heterocycles. The van der Waals surface area contributed by atoms with Gasteiger partial charge in [-0.15, -0.1) is 0 Å². The largest absolute Gasteiger partial charge is 0.0688 e. The standard InChI is InChI=1S/C9H22Si/c1-7-10(6,8-2)9(3,4)5/h7-8H2,1-6H3. The highest BCUT2D eigenvalue weighted by molar-refractivity contribution is 6.81. The van der Waals surface area contributed by atoms with Crippen molar-refractivity contribution in [2.24, 2.45) is 0 Å². The van der Waals surface area contributed by atoms with Crippen LogP contribution >= 0.6 is 0 Å². The number of hydrogen-bond donors (Lipinski definition) is 0. The molecule has 0 rings (SSSR count). The van der Waals surface area contributed by atoms with E-state index >= 15 is 0 Å². The SMILES string of the molecule is CC[Si](C)(CC)C(C)(C)C. The zero-order valence-electron chi connectivity index (χ0n) is 8.41. The lowest BCUT2D eigenvalue weighted by molar-refractivity contribution is 0.707. The average Bonchev–Trinajstić information content (AvgIpc) is 1.84. The van der Waals surface area contributed by atoms with Crippen LogP contribution in [0, 0.1) is 0 Å². The molecule has 0 N–H and O–H groups in total. The highest BCUT2D eigenvalue weighted by atomic mass is 28.3. The second kappa shape index (κ2) is 3.08. The van der Waals surface area contributed by atoms with Crippen molar-refractivity contribution < 1.29 is 0 Å². The van der Waals surface area contributed by atoms with E-state index in [-0.39, 0.29) is 0 Å². The Morgan fingerprint density at radius 1 is 1.00 bits per heavy atom. The lowest BCUT2D eigenvalue weighted by Gasteiger charge is -2.38. The highest BCUT2D eigenvalue weighted by Gasteiger charge is 2.35. The Labute approximate surface area is 67.0 Å². The van der Waals surface area contributed by atoms with Crippen LogP contribution in [0.1, 0.15) is 34.6 Å². The van der Waals surface area contributed by atoms with E-state index in [4.69, 9.17) is 0 Å². The van der Waals surface area contributed by atoms with E-state index in [9.17, 15) is 0 Å². The summed E-state index contributed by atoms with van der Waals surface area (Å²) in [6.07, 6.45) is 0. The van der Waals surface area contributed by atoms with Crippen LogP contribution in [0.5, 0.6) is 0 Å². The van der Waals surface area contributed by atoms with E-state index in [1.54, 1.807) is 0 Å². The Hall–Kier alpha value is 0.217. The first kappa shape index (κ1) is 10.2. The van der Waals surface area contributed by atoms with E-state index in [1.165, 1.54) is 12.1 Å². The molecule has 0 amide bonds. The molecule has 0 aliphatic heterocycles. The maximum Gasteiger partial charge on any atom is 0.0553 e. The molecule has 0 aromatic heterocycles. The molecular formula is C9H22Si. The molecule has 0 atom stereocenters. The van der Waals surface area contributed by atoms with Crippen molar-refractivity contribution in [3.05, 3.63) is 0 Å². The van der Waals surface area contributed by atoms with E-state index in [2.05, 4.69) is 41.2 Å². The van der Waals surface area contributed by atoms with Crippen molar-refractivity contribution in [2.75, 3.05) is 0 Å². The Balaban J connectivity index is 4.33. The molecule has 0 aliphatic carbocycles. The van der Waals surface area contributed by atoms with Crippen LogP contribution in [0.3, 0.4) is 0 Å². The van der Waals surface area contributed by atoms with Gasteiger partial charge in [0.2, 0.25) is 0 Å². The topological polar surface area (TPSA) is 0 Å². The second-order valence-electron chi connectivity index (χ2n) is 4.52. The Kier molecular flexibility index (Phi) is 3.15. The zero-order chi connectivity index (χ0) is 8.41. The summed E-state index contributed by atoms with van der Waals surface area (Å²) in [5.41, 5.74) is 0. The van der Waals surface area contributed by atoms with Crippen molar-refractivity contribution in [3.63, 3.8) is 0 Å². The van der Waals surface area contributed by atoms with Gasteiger partial charge < -0.3 is 0 Å². The molecule has 0 nitrogen and oxygen atoms in total. The van der Waals surface area contributed by atoms with Gasteiger partial charge in [-0.1, -0.05) is 53.3 Å². The molecule has 0 unspecified atom stereocenters. The molecule has 62 valence electrons. The quantitative estimate of drug-likeness (QED) is 0.535. The van der Waals surface area contributed by atoms with Crippen molar-refractivity contribution in [2.45, 2.75) is 58.3 Å². The van der Waals surface area contributed by atoms with Crippen LogP contribution in [0.4, 0.5) is 0 Å². The Morgan fingerprint density at radius 3 is 1.30 bits per heavy atom. The van der Waals surface area contributed by atoms with Crippen LogP contribution in [-0.2, 0) is 0 Å². The van der Waals surface area contributed by atoms with Crippen molar-refractivity contribution in [1.82, 2.24) is 0 Å². The minimum atomic E-state index is -0.899. The minimum Gasteiger partial charge on any atom is -0.0688 e. The van der Waals surface area contributed by atoms with Crippen molar-refractivity contribution in [3.8, 4) is 0 Å². The fourth-order valence-corrected chi connectivity index (χ4v) is 3.93. The maximum absolute atomic E-state index is 2.52. The van der Waals surface area contributed by atoms with Gasteiger partial charge in [-0.05, 0) is 5.04 Å². The van der Waals surface area contributed by atoms with Gasteiger partial charge in [0.25, 0.3) is 0 Å². The molecule has 0 saturated heterocycles. The first-order valence-corrected chi connectivity index (χ1v) is 7.29. The monoisotopic (exact) mass is 158 g/mol. The summed E-state index contributed by atoms with van der Waals surface area (Å²) in [7, 11) is -0.899. The van der Waals surface area contributed by atoms with Crippen LogP contribution in [0.2, 0.25) is 23.7 Å². The molecule has 0 aromatic rings. The van der Waals surface area contributed by atoms with Gasteiger partial charge in [-0.25, -0.2) is 0 Å². The summed E-state index contributed by atoms with van der Waals surface area (Å²) in [5.74, 6) is 0. The molecule has 1 heteroatoms. The molecule has 10 heavy (non-hydrogen) atoms. The van der Waals surface area contributed by atoms with Crippen LogP contribution in [-0.4, -0.2) is 8.07 Å². The fourth-order valence-electron chi connectivity index (χ4n) is 1.31. The van der Waals surface area contributed by atoms with Crippen LogP contribution in [0.25, 0.3) is 0 Å². The molecule has 0 spiro atoms.